The first-order valence-corrected chi connectivity index (χ1v) is 7.42. The van der Waals surface area contributed by atoms with Crippen LogP contribution in [0.2, 0.25) is 10.0 Å². The summed E-state index contributed by atoms with van der Waals surface area (Å²) in [6.07, 6.45) is -0.262. The van der Waals surface area contributed by atoms with Crippen LogP contribution in [0.5, 0.6) is 5.75 Å². The summed E-state index contributed by atoms with van der Waals surface area (Å²) in [5.41, 5.74) is -1.66. The second-order valence-electron chi connectivity index (χ2n) is 5.32. The van der Waals surface area contributed by atoms with Gasteiger partial charge in [-0.25, -0.2) is 9.67 Å². The maximum Gasteiger partial charge on any atom is 0.219 e. The van der Waals surface area contributed by atoms with Crippen molar-refractivity contribution in [2.24, 2.45) is 5.41 Å². The molecule has 5 nitrogen and oxygen atoms in total. The molecule has 0 amide bonds. The minimum absolute atomic E-state index is 0.190. The molecule has 0 aliphatic heterocycles. The highest BCUT2D eigenvalue weighted by Crippen LogP contribution is 2.35. The van der Waals surface area contributed by atoms with Gasteiger partial charge in [0.1, 0.15) is 24.5 Å². The van der Waals surface area contributed by atoms with E-state index >= 15 is 0 Å². The van der Waals surface area contributed by atoms with E-state index in [-0.39, 0.29) is 10.8 Å². The molecule has 0 aliphatic carbocycles. The van der Waals surface area contributed by atoms with Crippen molar-refractivity contribution in [3.05, 3.63) is 40.9 Å². The van der Waals surface area contributed by atoms with Crippen LogP contribution in [0.1, 0.15) is 13.2 Å². The second kappa shape index (κ2) is 7.42. The van der Waals surface area contributed by atoms with Gasteiger partial charge in [0.2, 0.25) is 6.23 Å². The van der Waals surface area contributed by atoms with Crippen molar-refractivity contribution >= 4 is 23.2 Å². The fourth-order valence-electron chi connectivity index (χ4n) is 1.85. The number of alkyl halides is 2. The molecule has 1 N–H and O–H groups in total. The quantitative estimate of drug-likeness (QED) is 0.815. The van der Waals surface area contributed by atoms with Crippen molar-refractivity contribution in [2.75, 3.05) is 13.3 Å². The lowest BCUT2D eigenvalue weighted by Gasteiger charge is -2.34. The third-order valence-corrected chi connectivity index (χ3v) is 3.96. The van der Waals surface area contributed by atoms with Crippen LogP contribution in [0.25, 0.3) is 0 Å². The number of aromatic nitrogens is 3. The molecule has 2 rings (SSSR count). The molecule has 2 aromatic rings. The normalized spacial score (nSPS) is 14.5. The van der Waals surface area contributed by atoms with Crippen molar-refractivity contribution in [3.8, 4) is 5.75 Å². The number of benzene rings is 1. The molecule has 0 fully saturated rings. The molecule has 0 saturated carbocycles. The summed E-state index contributed by atoms with van der Waals surface area (Å²) >= 11 is 11.9. The predicted octanol–water partition coefficient (Wildman–Crippen LogP) is 3.47. The zero-order chi connectivity index (χ0) is 17.0. The Hall–Kier alpha value is -1.44. The number of hydrogen-bond donors (Lipinski definition) is 1. The number of rotatable bonds is 7. The highest BCUT2D eigenvalue weighted by atomic mass is 35.5. The first-order chi connectivity index (χ1) is 10.9. The van der Waals surface area contributed by atoms with Crippen molar-refractivity contribution < 1.29 is 18.6 Å². The summed E-state index contributed by atoms with van der Waals surface area (Å²) in [5.74, 6) is 0.190. The van der Waals surface area contributed by atoms with Crippen LogP contribution < -0.4 is 4.74 Å². The first-order valence-electron chi connectivity index (χ1n) is 6.67. The van der Waals surface area contributed by atoms with Crippen LogP contribution in [0, 0.1) is 5.41 Å². The molecule has 0 aliphatic rings. The van der Waals surface area contributed by atoms with Gasteiger partial charge in [-0.3, -0.25) is 8.78 Å². The van der Waals surface area contributed by atoms with Crippen LogP contribution in [-0.4, -0.2) is 39.3 Å². The molecular formula is C14H15Cl2F2N3O2. The van der Waals surface area contributed by atoms with Gasteiger partial charge in [0.25, 0.3) is 0 Å². The van der Waals surface area contributed by atoms with Crippen LogP contribution in [-0.2, 0) is 0 Å². The highest BCUT2D eigenvalue weighted by Gasteiger charge is 2.41. The number of halogens is 4. The first kappa shape index (κ1) is 17.9. The molecule has 0 bridgehead atoms. The Labute approximate surface area is 141 Å². The van der Waals surface area contributed by atoms with Gasteiger partial charge in [-0.1, -0.05) is 30.1 Å². The average molecular weight is 366 g/mol. The van der Waals surface area contributed by atoms with Gasteiger partial charge in [0.05, 0.1) is 23.8 Å². The van der Waals surface area contributed by atoms with Crippen LogP contribution in [0.15, 0.2) is 30.9 Å². The third-order valence-electron chi connectivity index (χ3n) is 3.43. The zero-order valence-electron chi connectivity index (χ0n) is 12.2. The molecule has 9 heteroatoms. The molecule has 0 spiro atoms. The Bertz CT molecular complexity index is 639. The predicted molar refractivity (Wildman–Crippen MR) is 82.2 cm³/mol. The summed E-state index contributed by atoms with van der Waals surface area (Å²) in [7, 11) is 0. The van der Waals surface area contributed by atoms with E-state index in [0.29, 0.717) is 5.02 Å². The van der Waals surface area contributed by atoms with Crippen LogP contribution >= 0.6 is 23.2 Å². The van der Waals surface area contributed by atoms with E-state index in [9.17, 15) is 13.9 Å². The van der Waals surface area contributed by atoms with Gasteiger partial charge in [-0.15, -0.1) is 0 Å². The summed E-state index contributed by atoms with van der Waals surface area (Å²) < 4.78 is 33.3. The number of hydrogen-bond acceptors (Lipinski definition) is 4. The summed E-state index contributed by atoms with van der Waals surface area (Å²) in [5, 5.41) is 14.9. The van der Waals surface area contributed by atoms with E-state index in [0.717, 1.165) is 0 Å². The smallest absolute Gasteiger partial charge is 0.219 e. The highest BCUT2D eigenvalue weighted by molar-refractivity contribution is 6.35. The van der Waals surface area contributed by atoms with Gasteiger partial charge >= 0.3 is 0 Å². The Balaban J connectivity index is 2.35. The fraction of sp³-hybridized carbons (Fsp3) is 0.429. The minimum atomic E-state index is -1.66. The van der Waals surface area contributed by atoms with E-state index < -0.39 is 31.1 Å². The van der Waals surface area contributed by atoms with Gasteiger partial charge < -0.3 is 9.84 Å². The average Bonchev–Trinajstić information content (AvgIpc) is 3.07. The van der Waals surface area contributed by atoms with E-state index in [1.165, 1.54) is 42.5 Å². The Morgan fingerprint density at radius 3 is 2.57 bits per heavy atom. The monoisotopic (exact) mass is 365 g/mol. The lowest BCUT2D eigenvalue weighted by molar-refractivity contribution is -0.0996. The Morgan fingerprint density at radius 1 is 1.35 bits per heavy atom. The molecular weight excluding hydrogens is 351 g/mol. The topological polar surface area (TPSA) is 60.2 Å². The molecule has 0 saturated heterocycles. The lowest BCUT2D eigenvalue weighted by Crippen LogP contribution is -2.45. The Morgan fingerprint density at radius 2 is 2.04 bits per heavy atom. The summed E-state index contributed by atoms with van der Waals surface area (Å²) in [6, 6.07) is 4.48. The number of aliphatic hydroxyl groups is 1. The van der Waals surface area contributed by atoms with Crippen molar-refractivity contribution in [2.45, 2.75) is 19.3 Å². The maximum atomic E-state index is 13.2. The number of nitrogens with zero attached hydrogens (tertiary/aromatic N) is 3. The van der Waals surface area contributed by atoms with Gasteiger partial charge in [0.15, 0.2) is 0 Å². The molecule has 2 atom stereocenters. The van der Waals surface area contributed by atoms with E-state index in [4.69, 9.17) is 27.9 Å². The second-order valence-corrected chi connectivity index (χ2v) is 6.17. The van der Waals surface area contributed by atoms with E-state index in [2.05, 4.69) is 10.1 Å². The molecule has 1 aromatic carbocycles. The van der Waals surface area contributed by atoms with E-state index in [1.54, 1.807) is 0 Å². The summed E-state index contributed by atoms with van der Waals surface area (Å²) in [6.45, 7) is -0.879. The number of aliphatic hydroxyl groups excluding tert-OH is 1. The van der Waals surface area contributed by atoms with Crippen molar-refractivity contribution in [1.29, 1.82) is 0 Å². The van der Waals surface area contributed by atoms with Crippen molar-refractivity contribution in [3.63, 3.8) is 0 Å². The maximum absolute atomic E-state index is 13.2. The van der Waals surface area contributed by atoms with Crippen LogP contribution in [0.3, 0.4) is 0 Å². The van der Waals surface area contributed by atoms with Crippen molar-refractivity contribution in [1.82, 2.24) is 14.8 Å². The van der Waals surface area contributed by atoms with Gasteiger partial charge in [-0.2, -0.15) is 5.10 Å². The molecule has 1 aromatic heterocycles. The third kappa shape index (κ3) is 3.91. The lowest BCUT2D eigenvalue weighted by atomic mass is 9.86. The van der Waals surface area contributed by atoms with Crippen LogP contribution in [0.4, 0.5) is 8.78 Å². The molecule has 1 heterocycles. The SMILES string of the molecule is CC(CF)(CF)C(O)C(Oc1ccc(Cl)cc1Cl)n1cncn1. The zero-order valence-corrected chi connectivity index (χ0v) is 13.7. The molecule has 0 radical (unpaired) electrons. The van der Waals surface area contributed by atoms with E-state index in [1.807, 2.05) is 0 Å². The van der Waals surface area contributed by atoms with Gasteiger partial charge in [0, 0.05) is 5.02 Å². The largest absolute Gasteiger partial charge is 0.464 e. The molecule has 2 unspecified atom stereocenters. The summed E-state index contributed by atoms with van der Waals surface area (Å²) in [4.78, 5) is 3.76. The molecule has 126 valence electrons. The van der Waals surface area contributed by atoms with Gasteiger partial charge in [-0.05, 0) is 18.2 Å². The Kier molecular flexibility index (Phi) is 5.78. The number of ether oxygens (including phenoxy) is 1. The molecule has 23 heavy (non-hydrogen) atoms. The minimum Gasteiger partial charge on any atom is -0.464 e. The fourth-order valence-corrected chi connectivity index (χ4v) is 2.30. The standard InChI is InChI=1S/C14H15Cl2F2N3O2/c1-14(5-17,6-18)12(22)13(21-8-19-7-20-21)23-11-3-2-9(15)4-10(11)16/h2-4,7-8,12-13,22H,5-6H2,1H3.